The Morgan fingerprint density at radius 3 is 1.59 bits per heavy atom. The first-order chi connectivity index (χ1) is 9.69. The molecule has 0 aliphatic rings. The summed E-state index contributed by atoms with van der Waals surface area (Å²) >= 11 is 0. The smallest absolute Gasteiger partial charge is 0.127 e. The third-order valence-electron chi connectivity index (χ3n) is 3.51. The fraction of sp³-hybridized carbons (Fsp3) is 0.381. The number of benzene rings is 2. The molecule has 2 atom stereocenters. The van der Waals surface area contributed by atoms with Crippen LogP contribution in [0.25, 0.3) is 0 Å². The highest BCUT2D eigenvalue weighted by Gasteiger charge is 2.00. The quantitative estimate of drug-likeness (QED) is 0.592. The molecule has 2 unspecified atom stereocenters. The van der Waals surface area contributed by atoms with Crippen molar-refractivity contribution in [3.05, 3.63) is 71.8 Å². The second-order valence-electron chi connectivity index (χ2n) is 5.06. The van der Waals surface area contributed by atoms with E-state index >= 15 is 0 Å². The topological polar surface area (TPSA) is 17.1 Å². The average molecular weight is 300 g/mol. The van der Waals surface area contributed by atoms with Crippen molar-refractivity contribution in [3.8, 4) is 0 Å². The van der Waals surface area contributed by atoms with E-state index in [1.807, 2.05) is 37.3 Å². The molecule has 22 heavy (non-hydrogen) atoms. The van der Waals surface area contributed by atoms with E-state index in [4.69, 9.17) is 0 Å². The van der Waals surface area contributed by atoms with Gasteiger partial charge < -0.3 is 4.79 Å². The van der Waals surface area contributed by atoms with E-state index in [9.17, 15) is 4.79 Å². The van der Waals surface area contributed by atoms with E-state index in [-0.39, 0.29) is 20.8 Å². The Hall–Kier alpha value is -1.89. The Labute approximate surface area is 137 Å². The molecule has 0 heterocycles. The van der Waals surface area contributed by atoms with Crippen LogP contribution in [0.3, 0.4) is 0 Å². The molecule has 1 nitrogen and oxygen atoms in total. The molecule has 0 amide bonds. The lowest BCUT2D eigenvalue weighted by molar-refractivity contribution is -0.108. The summed E-state index contributed by atoms with van der Waals surface area (Å²) in [4.78, 5) is 10.3. The fourth-order valence-electron chi connectivity index (χ4n) is 1.85. The number of carbonyl (C=O) groups excluding carboxylic acids is 1. The molecule has 0 N–H and O–H groups in total. The second kappa shape index (κ2) is 12.8. The van der Waals surface area contributed by atoms with Crippen LogP contribution >= 0.6 is 0 Å². The van der Waals surface area contributed by atoms with Crippen LogP contribution in [-0.4, -0.2) is 6.29 Å². The third kappa shape index (κ3) is 7.78. The van der Waals surface area contributed by atoms with Crippen molar-refractivity contribution in [2.75, 3.05) is 0 Å². The molecule has 2 rings (SSSR count). The van der Waals surface area contributed by atoms with E-state index < -0.39 is 0 Å². The maximum atomic E-state index is 10.3. The van der Waals surface area contributed by atoms with Gasteiger partial charge in [-0.05, 0) is 23.5 Å². The highest BCUT2D eigenvalue weighted by molar-refractivity contribution is 5.61. The van der Waals surface area contributed by atoms with Crippen molar-refractivity contribution < 1.29 is 4.79 Å². The van der Waals surface area contributed by atoms with Crippen molar-refractivity contribution in [1.29, 1.82) is 0 Å². The molecule has 0 saturated heterocycles. The first-order valence-electron chi connectivity index (χ1n) is 7.24. The van der Waals surface area contributed by atoms with E-state index in [0.717, 1.165) is 11.8 Å². The lowest BCUT2D eigenvalue weighted by Crippen LogP contribution is -1.92. The van der Waals surface area contributed by atoms with Crippen LogP contribution in [0.4, 0.5) is 0 Å². The highest BCUT2D eigenvalue weighted by atomic mass is 16.1. The number of hydrogen-bond acceptors (Lipinski definition) is 1. The van der Waals surface area contributed by atoms with E-state index in [1.165, 1.54) is 12.0 Å². The van der Waals surface area contributed by atoms with Crippen molar-refractivity contribution in [3.63, 3.8) is 0 Å². The summed E-state index contributed by atoms with van der Waals surface area (Å²) in [5.41, 5.74) is 2.53. The van der Waals surface area contributed by atoms with Crippen molar-refractivity contribution in [2.45, 2.75) is 53.9 Å². The zero-order valence-corrected chi connectivity index (χ0v) is 12.6. The van der Waals surface area contributed by atoms with Gasteiger partial charge in [0, 0.05) is 5.92 Å². The van der Waals surface area contributed by atoms with Crippen LogP contribution in [0.1, 0.15) is 65.0 Å². The van der Waals surface area contributed by atoms with Gasteiger partial charge in [0.1, 0.15) is 6.29 Å². The third-order valence-corrected chi connectivity index (χ3v) is 3.51. The summed E-state index contributed by atoms with van der Waals surface area (Å²) in [7, 11) is 0. The van der Waals surface area contributed by atoms with Crippen LogP contribution in [0, 0.1) is 0 Å². The lowest BCUT2D eigenvalue weighted by atomic mass is 9.99. The summed E-state index contributed by atoms with van der Waals surface area (Å²) < 4.78 is 0. The molecule has 0 fully saturated rings. The fourth-order valence-corrected chi connectivity index (χ4v) is 1.85. The molecule has 0 aromatic heterocycles. The zero-order valence-electron chi connectivity index (χ0n) is 12.6. The minimum atomic E-state index is 0. The van der Waals surface area contributed by atoms with Crippen LogP contribution in [0.5, 0.6) is 0 Å². The van der Waals surface area contributed by atoms with Gasteiger partial charge in [0.25, 0.3) is 0 Å². The SMILES string of the molecule is C.C.CC(C=O)c1ccccc1.CCC(C)c1ccccc1. The van der Waals surface area contributed by atoms with Gasteiger partial charge >= 0.3 is 0 Å². The molecule has 0 spiro atoms. The molecule has 0 radical (unpaired) electrons. The molecule has 122 valence electrons. The van der Waals surface area contributed by atoms with Crippen LogP contribution in [0.2, 0.25) is 0 Å². The summed E-state index contributed by atoms with van der Waals surface area (Å²) in [6.45, 7) is 6.37. The maximum absolute atomic E-state index is 10.3. The minimum absolute atomic E-state index is 0. The van der Waals surface area contributed by atoms with Crippen LogP contribution in [0.15, 0.2) is 60.7 Å². The first kappa shape index (κ1) is 22.4. The molecule has 2 aromatic rings. The van der Waals surface area contributed by atoms with E-state index in [0.29, 0.717) is 5.92 Å². The monoisotopic (exact) mass is 300 g/mol. The average Bonchev–Trinajstić information content (AvgIpc) is 2.55. The van der Waals surface area contributed by atoms with Crippen molar-refractivity contribution in [1.82, 2.24) is 0 Å². The minimum Gasteiger partial charge on any atom is -0.303 e. The van der Waals surface area contributed by atoms with E-state index in [1.54, 1.807) is 0 Å². The number of hydrogen-bond donors (Lipinski definition) is 0. The van der Waals surface area contributed by atoms with Gasteiger partial charge in [0.15, 0.2) is 0 Å². The Morgan fingerprint density at radius 2 is 1.23 bits per heavy atom. The van der Waals surface area contributed by atoms with Gasteiger partial charge in [-0.3, -0.25) is 0 Å². The predicted molar refractivity (Wildman–Crippen MR) is 99.5 cm³/mol. The largest absolute Gasteiger partial charge is 0.303 e. The second-order valence-corrected chi connectivity index (χ2v) is 5.06. The van der Waals surface area contributed by atoms with Crippen LogP contribution in [-0.2, 0) is 4.79 Å². The molecule has 0 aliphatic heterocycles. The molecule has 1 heteroatoms. The molecule has 0 bridgehead atoms. The van der Waals surface area contributed by atoms with Gasteiger partial charge in [-0.25, -0.2) is 0 Å². The first-order valence-corrected chi connectivity index (χ1v) is 7.24. The predicted octanol–water partition coefficient (Wildman–Crippen LogP) is 6.46. The number of carbonyl (C=O) groups is 1. The summed E-state index contributed by atoms with van der Waals surface area (Å²) in [5, 5.41) is 0. The van der Waals surface area contributed by atoms with E-state index in [2.05, 4.69) is 44.2 Å². The molecule has 2 aromatic carbocycles. The summed E-state index contributed by atoms with van der Waals surface area (Å²) in [5.74, 6) is 0.738. The number of aldehydes is 1. The molecule has 0 aliphatic carbocycles. The molecule has 0 saturated carbocycles. The normalized spacial score (nSPS) is 11.6. The zero-order chi connectivity index (χ0) is 14.8. The van der Waals surface area contributed by atoms with Gasteiger partial charge in [-0.1, -0.05) is 96.3 Å². The van der Waals surface area contributed by atoms with Crippen LogP contribution < -0.4 is 0 Å². The van der Waals surface area contributed by atoms with Gasteiger partial charge in [-0.15, -0.1) is 0 Å². The Kier molecular flexibility index (Phi) is 13.0. The van der Waals surface area contributed by atoms with Gasteiger partial charge in [-0.2, -0.15) is 0 Å². The molecular formula is C21H32O. The standard InChI is InChI=1S/C10H14.C9H10O.2CH4/c1-3-9(2)10-7-5-4-6-8-10;1-8(7-10)9-5-3-2-4-6-9;;/h4-9H,3H2,1-2H3;2-8H,1H3;2*1H4. The molecular weight excluding hydrogens is 268 g/mol. The summed E-state index contributed by atoms with van der Waals surface area (Å²) in [6, 6.07) is 20.4. The van der Waals surface area contributed by atoms with Crippen molar-refractivity contribution in [2.24, 2.45) is 0 Å². The Balaban J connectivity index is 0. The van der Waals surface area contributed by atoms with Gasteiger partial charge in [0.05, 0.1) is 0 Å². The maximum Gasteiger partial charge on any atom is 0.127 e. The van der Waals surface area contributed by atoms with Gasteiger partial charge in [0.2, 0.25) is 0 Å². The van der Waals surface area contributed by atoms with Crippen molar-refractivity contribution >= 4 is 6.29 Å². The lowest BCUT2D eigenvalue weighted by Gasteiger charge is -2.06. The summed E-state index contributed by atoms with van der Waals surface area (Å²) in [6.07, 6.45) is 2.18. The number of rotatable bonds is 4. The highest BCUT2D eigenvalue weighted by Crippen LogP contribution is 2.16. The Morgan fingerprint density at radius 1 is 0.818 bits per heavy atom. The Bertz CT molecular complexity index is 476.